The second kappa shape index (κ2) is 9.94. The van der Waals surface area contributed by atoms with E-state index in [1.54, 1.807) is 34.9 Å². The molecule has 0 radical (unpaired) electrons. The monoisotopic (exact) mass is 538 g/mol. The van der Waals surface area contributed by atoms with Crippen LogP contribution in [0.3, 0.4) is 0 Å². The number of carboxylic acids is 1. The number of anilines is 1. The van der Waals surface area contributed by atoms with Gasteiger partial charge in [0.1, 0.15) is 24.0 Å². The van der Waals surface area contributed by atoms with Crippen LogP contribution in [0, 0.1) is 18.6 Å². The highest BCUT2D eigenvalue weighted by Crippen LogP contribution is 2.36. The first-order chi connectivity index (χ1) is 18.1. The number of aromatic carboxylic acids is 1. The van der Waals surface area contributed by atoms with Gasteiger partial charge in [0.25, 0.3) is 0 Å². The quantitative estimate of drug-likeness (QED) is 0.333. The van der Waals surface area contributed by atoms with Gasteiger partial charge in [-0.25, -0.2) is 22.0 Å². The zero-order valence-corrected chi connectivity index (χ0v) is 21.2. The van der Waals surface area contributed by atoms with E-state index in [1.807, 2.05) is 6.92 Å². The molecule has 1 aromatic heterocycles. The van der Waals surface area contributed by atoms with Gasteiger partial charge < -0.3 is 14.4 Å². The summed E-state index contributed by atoms with van der Waals surface area (Å²) in [5.74, 6) is -1.71. The van der Waals surface area contributed by atoms with Crippen molar-refractivity contribution in [2.24, 2.45) is 0 Å². The average Bonchev–Trinajstić information content (AvgIpc) is 3.45. The van der Waals surface area contributed by atoms with Crippen LogP contribution in [0.25, 0.3) is 16.9 Å². The highest BCUT2D eigenvalue weighted by molar-refractivity contribution is 7.93. The molecule has 0 saturated carbocycles. The number of sulfonamides is 1. The van der Waals surface area contributed by atoms with Gasteiger partial charge >= 0.3 is 5.97 Å². The number of rotatable bonds is 7. The summed E-state index contributed by atoms with van der Waals surface area (Å²) in [7, 11) is -3.55. The van der Waals surface area contributed by atoms with Crippen molar-refractivity contribution in [3.8, 4) is 22.7 Å². The minimum atomic E-state index is -3.55. The fraction of sp³-hybridized carbons (Fsp3) is 0.179. The lowest BCUT2D eigenvalue weighted by Gasteiger charge is -2.21. The largest absolute Gasteiger partial charge is 0.488 e. The maximum atomic E-state index is 14.4. The molecule has 5 rings (SSSR count). The number of carboxylic acid groups (broad SMARTS) is 1. The van der Waals surface area contributed by atoms with E-state index in [9.17, 15) is 27.1 Å². The molecule has 38 heavy (non-hydrogen) atoms. The van der Waals surface area contributed by atoms with Crippen molar-refractivity contribution < 1.29 is 31.8 Å². The second-order valence-corrected chi connectivity index (χ2v) is 11.0. The van der Waals surface area contributed by atoms with Crippen LogP contribution in [0.1, 0.15) is 28.0 Å². The Morgan fingerprint density at radius 2 is 1.66 bits per heavy atom. The molecular formula is C28H24F2N2O5S. The first-order valence-electron chi connectivity index (χ1n) is 11.9. The molecule has 3 aromatic carbocycles. The molecule has 2 heterocycles. The number of hydrogen-bond acceptors (Lipinski definition) is 4. The smallest absolute Gasteiger partial charge is 0.335 e. The Kier molecular flexibility index (Phi) is 6.66. The summed E-state index contributed by atoms with van der Waals surface area (Å²) >= 11 is 0. The van der Waals surface area contributed by atoms with E-state index in [1.165, 1.54) is 46.8 Å². The molecule has 196 valence electrons. The number of aromatic nitrogens is 1. The lowest BCUT2D eigenvalue weighted by Crippen LogP contribution is -2.25. The van der Waals surface area contributed by atoms with Crippen LogP contribution in [0.5, 0.6) is 5.75 Å². The summed E-state index contributed by atoms with van der Waals surface area (Å²) < 4.78 is 61.8. The van der Waals surface area contributed by atoms with Crippen LogP contribution >= 0.6 is 0 Å². The predicted molar refractivity (Wildman–Crippen MR) is 139 cm³/mol. The fourth-order valence-electron chi connectivity index (χ4n) is 4.58. The lowest BCUT2D eigenvalue weighted by atomic mass is 10.1. The Labute approximate surface area is 218 Å². The molecule has 0 spiro atoms. The van der Waals surface area contributed by atoms with E-state index in [4.69, 9.17) is 4.74 Å². The van der Waals surface area contributed by atoms with Crippen molar-refractivity contribution in [3.05, 3.63) is 101 Å². The molecule has 0 amide bonds. The lowest BCUT2D eigenvalue weighted by molar-refractivity contribution is 0.0697. The maximum absolute atomic E-state index is 14.4. The van der Waals surface area contributed by atoms with E-state index in [0.717, 1.165) is 5.56 Å². The second-order valence-electron chi connectivity index (χ2n) is 9.04. The van der Waals surface area contributed by atoms with Crippen LogP contribution in [0.4, 0.5) is 14.5 Å². The molecule has 7 nitrogen and oxygen atoms in total. The molecule has 1 N–H and O–H groups in total. The summed E-state index contributed by atoms with van der Waals surface area (Å²) in [5, 5.41) is 9.77. The summed E-state index contributed by atoms with van der Waals surface area (Å²) in [4.78, 5) is 12.0. The van der Waals surface area contributed by atoms with Gasteiger partial charge in [0.15, 0.2) is 0 Å². The van der Waals surface area contributed by atoms with E-state index in [2.05, 4.69) is 0 Å². The zero-order valence-electron chi connectivity index (χ0n) is 20.4. The average molecular weight is 539 g/mol. The van der Waals surface area contributed by atoms with Gasteiger partial charge in [0, 0.05) is 23.5 Å². The molecule has 1 aliphatic heterocycles. The summed E-state index contributed by atoms with van der Waals surface area (Å²) in [6, 6.07) is 17.9. The zero-order chi connectivity index (χ0) is 27.0. The number of ether oxygens (including phenoxy) is 1. The van der Waals surface area contributed by atoms with Gasteiger partial charge in [-0.3, -0.25) is 4.31 Å². The molecule has 10 heteroatoms. The number of benzene rings is 3. The first kappa shape index (κ1) is 25.5. The number of halogens is 2. The molecule has 0 aliphatic carbocycles. The Hall–Kier alpha value is -4.18. The Balaban J connectivity index is 1.60. The Morgan fingerprint density at radius 1 is 0.947 bits per heavy atom. The van der Waals surface area contributed by atoms with Gasteiger partial charge in [-0.05, 0) is 79.6 Å². The molecule has 1 fully saturated rings. The predicted octanol–water partition coefficient (Wildman–Crippen LogP) is 5.55. The van der Waals surface area contributed by atoms with Crippen molar-refractivity contribution >= 4 is 21.7 Å². The Morgan fingerprint density at radius 3 is 2.34 bits per heavy atom. The summed E-state index contributed by atoms with van der Waals surface area (Å²) in [5.41, 5.74) is 2.96. The highest BCUT2D eigenvalue weighted by Gasteiger charge is 2.30. The van der Waals surface area contributed by atoms with Crippen molar-refractivity contribution in [1.29, 1.82) is 0 Å². The van der Waals surface area contributed by atoms with E-state index < -0.39 is 21.8 Å². The molecule has 0 unspecified atom stereocenters. The summed E-state index contributed by atoms with van der Waals surface area (Å²) in [6.45, 7) is 2.18. The first-order valence-corrected chi connectivity index (χ1v) is 13.5. The highest BCUT2D eigenvalue weighted by atomic mass is 32.2. The van der Waals surface area contributed by atoms with Crippen LogP contribution in [-0.2, 0) is 16.6 Å². The van der Waals surface area contributed by atoms with Crippen molar-refractivity contribution in [2.75, 3.05) is 16.6 Å². The number of hydrogen-bond donors (Lipinski definition) is 1. The Bertz CT molecular complexity index is 1630. The topological polar surface area (TPSA) is 88.8 Å². The van der Waals surface area contributed by atoms with Gasteiger partial charge in [-0.15, -0.1) is 0 Å². The van der Waals surface area contributed by atoms with Crippen molar-refractivity contribution in [1.82, 2.24) is 4.57 Å². The van der Waals surface area contributed by atoms with Gasteiger partial charge in [-0.1, -0.05) is 12.1 Å². The molecular weight excluding hydrogens is 514 g/mol. The van der Waals surface area contributed by atoms with E-state index in [-0.39, 0.29) is 36.0 Å². The number of aryl methyl sites for hydroxylation is 1. The minimum absolute atomic E-state index is 0.00846. The van der Waals surface area contributed by atoms with E-state index in [0.29, 0.717) is 34.8 Å². The molecule has 0 bridgehead atoms. The van der Waals surface area contributed by atoms with Crippen LogP contribution in [-0.4, -0.2) is 36.4 Å². The standard InChI is InChI=1S/C28H24F2N2O5S/c1-18-3-9-26(25-15-22(30)8-10-27(25)37-17-19-4-6-21(29)7-5-19)32(18)24-14-20(28(33)34)13-23(16-24)31-11-2-12-38(31,35)36/h3-10,13-16H,2,11-12,17H2,1H3,(H,33,34). The molecule has 0 atom stereocenters. The van der Waals surface area contributed by atoms with Gasteiger partial charge in [0.2, 0.25) is 10.0 Å². The van der Waals surface area contributed by atoms with Crippen LogP contribution in [0.2, 0.25) is 0 Å². The van der Waals surface area contributed by atoms with Crippen LogP contribution in [0.15, 0.2) is 72.8 Å². The van der Waals surface area contributed by atoms with E-state index >= 15 is 0 Å². The fourth-order valence-corrected chi connectivity index (χ4v) is 6.13. The third-order valence-electron chi connectivity index (χ3n) is 6.40. The van der Waals surface area contributed by atoms with Gasteiger partial charge in [-0.2, -0.15) is 0 Å². The van der Waals surface area contributed by atoms with Crippen molar-refractivity contribution in [2.45, 2.75) is 20.0 Å². The third kappa shape index (κ3) is 4.99. The number of nitrogens with zero attached hydrogens (tertiary/aromatic N) is 2. The molecule has 1 saturated heterocycles. The van der Waals surface area contributed by atoms with Crippen molar-refractivity contribution in [3.63, 3.8) is 0 Å². The molecule has 4 aromatic rings. The third-order valence-corrected chi connectivity index (χ3v) is 8.27. The number of carbonyl (C=O) groups is 1. The molecule has 1 aliphatic rings. The maximum Gasteiger partial charge on any atom is 0.335 e. The minimum Gasteiger partial charge on any atom is -0.488 e. The normalized spacial score (nSPS) is 14.6. The van der Waals surface area contributed by atoms with Gasteiger partial charge in [0.05, 0.1) is 22.7 Å². The van der Waals surface area contributed by atoms with Crippen LogP contribution < -0.4 is 9.04 Å². The SMILES string of the molecule is Cc1ccc(-c2cc(F)ccc2OCc2ccc(F)cc2)n1-c1cc(C(=O)O)cc(N2CCCS2(=O)=O)c1. The summed E-state index contributed by atoms with van der Waals surface area (Å²) in [6.07, 6.45) is 0.445.